The molecular weight excluding hydrogens is 302 g/mol. The fourth-order valence-electron chi connectivity index (χ4n) is 3.17. The minimum absolute atomic E-state index is 0.117. The van der Waals surface area contributed by atoms with Gasteiger partial charge in [-0.05, 0) is 54.6 Å². The molecule has 25 heavy (non-hydrogen) atoms. The zero-order valence-corrected chi connectivity index (χ0v) is 15.9. The Morgan fingerprint density at radius 2 is 1.68 bits per heavy atom. The van der Waals surface area contributed by atoms with Gasteiger partial charge in [0, 0.05) is 0 Å². The highest BCUT2D eigenvalue weighted by Gasteiger charge is 2.20. The number of hydrogen-bond acceptors (Lipinski definition) is 1. The van der Waals surface area contributed by atoms with Crippen molar-refractivity contribution in [3.8, 4) is 0 Å². The minimum atomic E-state index is 0.117. The lowest BCUT2D eigenvalue weighted by Gasteiger charge is -2.28. The maximum absolute atomic E-state index is 4.45. The van der Waals surface area contributed by atoms with Crippen LogP contribution in [0.3, 0.4) is 0 Å². The molecule has 2 aromatic carbocycles. The molecule has 0 spiro atoms. The molecule has 1 nitrogen and oxygen atoms in total. The van der Waals surface area contributed by atoms with E-state index in [1.165, 1.54) is 21.6 Å². The van der Waals surface area contributed by atoms with Crippen molar-refractivity contribution in [2.75, 3.05) is 14.1 Å². The Bertz CT molecular complexity index is 841. The van der Waals surface area contributed by atoms with Crippen LogP contribution >= 0.6 is 0 Å². The van der Waals surface area contributed by atoms with Gasteiger partial charge in [0.25, 0.3) is 0 Å². The highest BCUT2D eigenvalue weighted by Crippen LogP contribution is 2.25. The van der Waals surface area contributed by atoms with Gasteiger partial charge in [-0.15, -0.1) is 0 Å². The average molecular weight is 332 g/mol. The summed E-state index contributed by atoms with van der Waals surface area (Å²) >= 11 is 0. The summed E-state index contributed by atoms with van der Waals surface area (Å²) < 4.78 is 0. The van der Waals surface area contributed by atoms with E-state index in [1.807, 2.05) is 6.07 Å². The van der Waals surface area contributed by atoms with Crippen LogP contribution in [0, 0.1) is 0 Å². The quantitative estimate of drug-likeness (QED) is 0.765. The van der Waals surface area contributed by atoms with E-state index >= 15 is 0 Å². The second-order valence-corrected chi connectivity index (χ2v) is 6.40. The van der Waals surface area contributed by atoms with E-state index in [0.29, 0.717) is 0 Å². The Kier molecular flexibility index (Phi) is 6.97. The largest absolute Gasteiger partial charge is 0.299 e. The lowest BCUT2D eigenvalue weighted by Crippen LogP contribution is -2.37. The first-order valence-electron chi connectivity index (χ1n) is 8.92. The number of benzene rings is 2. The van der Waals surface area contributed by atoms with E-state index in [2.05, 4.69) is 106 Å². The maximum Gasteiger partial charge on any atom is 0.0602 e. The summed E-state index contributed by atoms with van der Waals surface area (Å²) in [5.74, 6) is 0. The summed E-state index contributed by atoms with van der Waals surface area (Å²) in [6, 6.07) is 19.2. The van der Waals surface area contributed by atoms with Gasteiger partial charge >= 0.3 is 0 Å². The Morgan fingerprint density at radius 3 is 2.28 bits per heavy atom. The van der Waals surface area contributed by atoms with Gasteiger partial charge in [0.1, 0.15) is 0 Å². The van der Waals surface area contributed by atoms with Gasteiger partial charge in [0.15, 0.2) is 0 Å². The van der Waals surface area contributed by atoms with Gasteiger partial charge in [0.05, 0.1) is 6.04 Å². The van der Waals surface area contributed by atoms with Crippen LogP contribution in [0.2, 0.25) is 0 Å². The molecule has 0 fully saturated rings. The first-order chi connectivity index (χ1) is 12.1. The fraction of sp³-hybridized carbons (Fsp3) is 0.250. The summed E-state index contributed by atoms with van der Waals surface area (Å²) in [7, 11) is 4.24. The predicted molar refractivity (Wildman–Crippen MR) is 112 cm³/mol. The van der Waals surface area contributed by atoms with Crippen LogP contribution in [-0.4, -0.2) is 25.0 Å². The normalized spacial score (nSPS) is 14.8. The monoisotopic (exact) mass is 331 g/mol. The van der Waals surface area contributed by atoms with Gasteiger partial charge < -0.3 is 0 Å². The molecule has 130 valence electrons. The van der Waals surface area contributed by atoms with Gasteiger partial charge in [-0.1, -0.05) is 86.3 Å². The summed E-state index contributed by atoms with van der Waals surface area (Å²) in [5, 5.41) is 2.52. The maximum atomic E-state index is 4.45. The topological polar surface area (TPSA) is 3.24 Å². The number of nitrogens with zero attached hydrogens (tertiary/aromatic N) is 1. The molecule has 2 aromatic rings. The number of likely N-dealkylation sites (N-methyl/N-ethyl adjacent to an activating group) is 1. The molecule has 0 heterocycles. The van der Waals surface area contributed by atoms with Crippen LogP contribution in [0.15, 0.2) is 73.3 Å². The van der Waals surface area contributed by atoms with Gasteiger partial charge in [0.2, 0.25) is 0 Å². The van der Waals surface area contributed by atoms with Crippen molar-refractivity contribution >= 4 is 17.2 Å². The predicted octanol–water partition coefficient (Wildman–Crippen LogP) is 4.25. The molecule has 0 N–H and O–H groups in total. The summed E-state index contributed by atoms with van der Waals surface area (Å²) in [5.41, 5.74) is 3.59. The molecule has 0 saturated carbocycles. The third-order valence-electron chi connectivity index (χ3n) is 4.40. The Balaban J connectivity index is 2.74. The lowest BCUT2D eigenvalue weighted by atomic mass is 9.90. The van der Waals surface area contributed by atoms with Crippen LogP contribution in [0.25, 0.3) is 17.2 Å². The first kappa shape index (κ1) is 19.0. The standard InChI is InChI=1S/C24H29N/c1-6-8-17-23(22-18-13-12-14-20(22)7-2)24(25(4)5)19(3)21-15-10-9-11-16-21/h7-18,24H,3,6H2,1-2,4-5H3/b17-8-,20-7-,23-22-. The van der Waals surface area contributed by atoms with Crippen LogP contribution in [0.1, 0.15) is 25.8 Å². The van der Waals surface area contributed by atoms with E-state index < -0.39 is 0 Å². The molecule has 0 bridgehead atoms. The SMILES string of the molecule is C=C(c1ccccc1)C(C(/C=C\CC)=c1/cccc/c1=C/C)N(C)C. The van der Waals surface area contributed by atoms with Crippen molar-refractivity contribution in [2.24, 2.45) is 0 Å². The molecule has 2 rings (SSSR count). The fourth-order valence-corrected chi connectivity index (χ4v) is 3.17. The van der Waals surface area contributed by atoms with E-state index in [-0.39, 0.29) is 6.04 Å². The van der Waals surface area contributed by atoms with Crippen LogP contribution in [-0.2, 0) is 0 Å². The number of allylic oxidation sites excluding steroid dienone is 1. The smallest absolute Gasteiger partial charge is 0.0602 e. The van der Waals surface area contributed by atoms with Crippen molar-refractivity contribution in [3.63, 3.8) is 0 Å². The minimum Gasteiger partial charge on any atom is -0.299 e. The highest BCUT2D eigenvalue weighted by atomic mass is 15.1. The molecule has 0 aliphatic heterocycles. The van der Waals surface area contributed by atoms with Crippen molar-refractivity contribution in [1.29, 1.82) is 0 Å². The van der Waals surface area contributed by atoms with E-state index in [1.54, 1.807) is 0 Å². The second-order valence-electron chi connectivity index (χ2n) is 6.40. The lowest BCUT2D eigenvalue weighted by molar-refractivity contribution is 0.408. The van der Waals surface area contributed by atoms with Crippen molar-refractivity contribution in [2.45, 2.75) is 26.3 Å². The summed E-state index contributed by atoms with van der Waals surface area (Å²) in [6.45, 7) is 8.71. The summed E-state index contributed by atoms with van der Waals surface area (Å²) in [6.07, 6.45) is 7.68. The van der Waals surface area contributed by atoms with E-state index in [0.717, 1.165) is 12.0 Å². The van der Waals surface area contributed by atoms with Gasteiger partial charge in [-0.2, -0.15) is 0 Å². The molecule has 0 aromatic heterocycles. The Labute approximate surface area is 152 Å². The second kappa shape index (κ2) is 9.19. The molecule has 1 unspecified atom stereocenters. The molecule has 1 atom stereocenters. The van der Waals surface area contributed by atoms with E-state index in [4.69, 9.17) is 0 Å². The molecule has 1 heteroatoms. The molecule has 0 aliphatic rings. The van der Waals surface area contributed by atoms with Gasteiger partial charge in [-0.25, -0.2) is 0 Å². The molecule has 0 aliphatic carbocycles. The number of hydrogen-bond donors (Lipinski definition) is 0. The van der Waals surface area contributed by atoms with Crippen LogP contribution in [0.4, 0.5) is 0 Å². The van der Waals surface area contributed by atoms with Crippen molar-refractivity contribution < 1.29 is 0 Å². The first-order valence-corrected chi connectivity index (χ1v) is 8.92. The van der Waals surface area contributed by atoms with Crippen LogP contribution in [0.5, 0.6) is 0 Å². The van der Waals surface area contributed by atoms with Crippen molar-refractivity contribution in [1.82, 2.24) is 4.90 Å². The average Bonchev–Trinajstić information content (AvgIpc) is 2.65. The molecule has 0 saturated heterocycles. The zero-order valence-electron chi connectivity index (χ0n) is 15.9. The molecule has 0 radical (unpaired) electrons. The Hall–Kier alpha value is -2.38. The number of rotatable bonds is 6. The van der Waals surface area contributed by atoms with Gasteiger partial charge in [-0.3, -0.25) is 4.90 Å². The third kappa shape index (κ3) is 4.58. The Morgan fingerprint density at radius 1 is 1.04 bits per heavy atom. The molecule has 0 amide bonds. The zero-order chi connectivity index (χ0) is 18.2. The third-order valence-corrected chi connectivity index (χ3v) is 4.40. The summed E-state index contributed by atoms with van der Waals surface area (Å²) in [4.78, 5) is 2.25. The van der Waals surface area contributed by atoms with E-state index in [9.17, 15) is 0 Å². The highest BCUT2D eigenvalue weighted by molar-refractivity contribution is 5.82. The van der Waals surface area contributed by atoms with Crippen molar-refractivity contribution in [3.05, 3.63) is 89.3 Å². The molecular formula is C24H29N. The van der Waals surface area contributed by atoms with Crippen LogP contribution < -0.4 is 10.4 Å².